The zero-order chi connectivity index (χ0) is 5.70. The Morgan fingerprint density at radius 2 is 2.14 bits per heavy atom. The smallest absolute Gasteiger partial charge is 0.164 e. The molecule has 0 heterocycles. The fraction of sp³-hybridized carbons (Fsp3) is 1.00. The maximum absolute atomic E-state index is 11.1. The van der Waals surface area contributed by atoms with E-state index < -0.39 is 6.80 Å². The first kappa shape index (κ1) is 6.81. The van der Waals surface area contributed by atoms with Gasteiger partial charge in [0.2, 0.25) is 0 Å². The highest BCUT2D eigenvalue weighted by molar-refractivity contribution is 4.30. The zero-order valence-electron chi connectivity index (χ0n) is 3.84. The number of nitrogens with zero attached hydrogens (tertiary/aromatic N) is 1. The molecule has 0 aromatic rings. The molecule has 2 N–H and O–H groups in total. The van der Waals surface area contributed by atoms with Gasteiger partial charge in [0.05, 0.1) is 6.61 Å². The van der Waals surface area contributed by atoms with Crippen molar-refractivity contribution in [1.29, 1.82) is 0 Å². The molecule has 7 heavy (non-hydrogen) atoms. The molecule has 0 aromatic carbocycles. The van der Waals surface area contributed by atoms with Crippen molar-refractivity contribution in [3.8, 4) is 0 Å². The molecule has 3 nitrogen and oxygen atoms in total. The molecule has 0 aliphatic heterocycles. The van der Waals surface area contributed by atoms with Crippen molar-refractivity contribution < 1.29 is 14.7 Å². The molecule has 0 spiro atoms. The molecule has 0 radical (unpaired) electrons. The lowest BCUT2D eigenvalue weighted by Gasteiger charge is -2.04. The number of aliphatic hydroxyl groups excluding tert-OH is 1. The first-order valence-corrected chi connectivity index (χ1v) is 1.92. The first-order valence-electron chi connectivity index (χ1n) is 1.92. The molecule has 0 bridgehead atoms. The van der Waals surface area contributed by atoms with Gasteiger partial charge in [-0.3, -0.25) is 0 Å². The number of hydrogen-bond acceptors (Lipinski definition) is 3. The molecule has 0 saturated carbocycles. The average molecular weight is 109 g/mol. The maximum atomic E-state index is 11.1. The second-order valence-electron chi connectivity index (χ2n) is 1.07. The predicted molar refractivity (Wildman–Crippen MR) is 21.6 cm³/mol. The first-order chi connectivity index (χ1) is 3.31. The highest BCUT2D eigenvalue weighted by atomic mass is 19.1. The monoisotopic (exact) mass is 109 g/mol. The topological polar surface area (TPSA) is 43.7 Å². The Morgan fingerprint density at radius 3 is 2.29 bits per heavy atom. The molecule has 0 fully saturated rings. The van der Waals surface area contributed by atoms with Gasteiger partial charge in [0.15, 0.2) is 6.80 Å². The highest BCUT2D eigenvalue weighted by Crippen LogP contribution is 1.77. The Labute approximate surface area is 40.9 Å². The Balaban J connectivity index is 2.83. The zero-order valence-corrected chi connectivity index (χ0v) is 3.84. The van der Waals surface area contributed by atoms with Crippen LogP contribution in [0, 0.1) is 0 Å². The predicted octanol–water partition coefficient (Wildman–Crippen LogP) is -0.403. The quantitative estimate of drug-likeness (QED) is 0.382. The summed E-state index contributed by atoms with van der Waals surface area (Å²) in [5.74, 6) is 0. The van der Waals surface area contributed by atoms with E-state index in [2.05, 4.69) is 0 Å². The largest absolute Gasteiger partial charge is 0.395 e. The van der Waals surface area contributed by atoms with Gasteiger partial charge in [-0.2, -0.15) is 5.06 Å². The number of halogens is 1. The van der Waals surface area contributed by atoms with Crippen LogP contribution in [0.4, 0.5) is 4.39 Å². The van der Waals surface area contributed by atoms with E-state index in [9.17, 15) is 4.39 Å². The van der Waals surface area contributed by atoms with Crippen LogP contribution in [-0.4, -0.2) is 35.3 Å². The van der Waals surface area contributed by atoms with Crippen LogP contribution in [0.1, 0.15) is 0 Å². The number of rotatable bonds is 3. The van der Waals surface area contributed by atoms with Crippen LogP contribution in [0.15, 0.2) is 0 Å². The minimum atomic E-state index is -0.930. The Morgan fingerprint density at radius 1 is 1.57 bits per heavy atom. The molecule has 0 aliphatic carbocycles. The molecule has 0 aromatic heterocycles. The summed E-state index contributed by atoms with van der Waals surface area (Å²) in [6.07, 6.45) is 0. The van der Waals surface area contributed by atoms with Crippen molar-refractivity contribution in [3.05, 3.63) is 0 Å². The molecule has 44 valence electrons. The lowest BCUT2D eigenvalue weighted by molar-refractivity contribution is -0.125. The Bertz CT molecular complexity index is 43.9. The average Bonchev–Trinajstić information content (AvgIpc) is 1.68. The van der Waals surface area contributed by atoms with Gasteiger partial charge in [0, 0.05) is 6.54 Å². The maximum Gasteiger partial charge on any atom is 0.164 e. The van der Waals surface area contributed by atoms with Crippen molar-refractivity contribution in [2.45, 2.75) is 0 Å². The van der Waals surface area contributed by atoms with Gasteiger partial charge in [-0.05, 0) is 0 Å². The second kappa shape index (κ2) is 3.98. The van der Waals surface area contributed by atoms with Crippen LogP contribution in [0.25, 0.3) is 0 Å². The normalized spacial score (nSPS) is 10.3. The van der Waals surface area contributed by atoms with E-state index in [1.807, 2.05) is 0 Å². The van der Waals surface area contributed by atoms with Crippen LogP contribution in [0.3, 0.4) is 0 Å². The van der Waals surface area contributed by atoms with E-state index in [0.717, 1.165) is 0 Å². The third-order valence-corrected chi connectivity index (χ3v) is 0.496. The Hall–Kier alpha value is -0.190. The summed E-state index contributed by atoms with van der Waals surface area (Å²) in [5, 5.41) is 16.5. The van der Waals surface area contributed by atoms with E-state index in [4.69, 9.17) is 10.3 Å². The van der Waals surface area contributed by atoms with E-state index in [1.165, 1.54) is 0 Å². The number of hydrogen-bond donors (Lipinski definition) is 2. The molecule has 0 atom stereocenters. The molecule has 0 unspecified atom stereocenters. The lowest BCUT2D eigenvalue weighted by atomic mass is 10.7. The standard InChI is InChI=1S/C3H8FNO2/c4-3-5(7)1-2-6/h6-7H,1-3H2. The summed E-state index contributed by atoms with van der Waals surface area (Å²) in [7, 11) is 0. The molecular weight excluding hydrogens is 101 g/mol. The van der Waals surface area contributed by atoms with Gasteiger partial charge in [0.1, 0.15) is 0 Å². The van der Waals surface area contributed by atoms with Crippen molar-refractivity contribution in [1.82, 2.24) is 5.06 Å². The van der Waals surface area contributed by atoms with E-state index in [0.29, 0.717) is 5.06 Å². The summed E-state index contributed by atoms with van der Waals surface area (Å²) < 4.78 is 11.1. The third kappa shape index (κ3) is 3.65. The molecule has 0 saturated heterocycles. The SMILES string of the molecule is OCCN(O)CF. The van der Waals surface area contributed by atoms with E-state index in [1.54, 1.807) is 0 Å². The fourth-order valence-electron chi connectivity index (χ4n) is 0.175. The van der Waals surface area contributed by atoms with Gasteiger partial charge in [-0.15, -0.1) is 0 Å². The van der Waals surface area contributed by atoms with E-state index >= 15 is 0 Å². The van der Waals surface area contributed by atoms with E-state index in [-0.39, 0.29) is 13.2 Å². The van der Waals surface area contributed by atoms with Gasteiger partial charge in [-0.1, -0.05) is 0 Å². The highest BCUT2D eigenvalue weighted by Gasteiger charge is 1.92. The number of hydroxylamine groups is 2. The number of alkyl halides is 1. The van der Waals surface area contributed by atoms with Crippen LogP contribution >= 0.6 is 0 Å². The summed E-state index contributed by atoms with van der Waals surface area (Å²) >= 11 is 0. The van der Waals surface area contributed by atoms with Gasteiger partial charge in [0.25, 0.3) is 0 Å². The molecule has 0 aliphatic rings. The van der Waals surface area contributed by atoms with Crippen LogP contribution < -0.4 is 0 Å². The molecule has 4 heteroatoms. The van der Waals surface area contributed by atoms with Crippen molar-refractivity contribution in [3.63, 3.8) is 0 Å². The van der Waals surface area contributed by atoms with Crippen molar-refractivity contribution in [2.75, 3.05) is 20.0 Å². The molecular formula is C3H8FNO2. The van der Waals surface area contributed by atoms with Crippen LogP contribution in [-0.2, 0) is 0 Å². The van der Waals surface area contributed by atoms with Crippen LogP contribution in [0.2, 0.25) is 0 Å². The third-order valence-electron chi connectivity index (χ3n) is 0.496. The summed E-state index contributed by atoms with van der Waals surface area (Å²) in [4.78, 5) is 0. The van der Waals surface area contributed by atoms with Crippen LogP contribution in [0.5, 0.6) is 0 Å². The summed E-state index contributed by atoms with van der Waals surface area (Å²) in [6, 6.07) is 0. The second-order valence-corrected chi connectivity index (χ2v) is 1.07. The fourth-order valence-corrected chi connectivity index (χ4v) is 0.175. The molecule has 0 amide bonds. The van der Waals surface area contributed by atoms with Gasteiger partial charge in [-0.25, -0.2) is 4.39 Å². The Kier molecular flexibility index (Phi) is 3.87. The summed E-state index contributed by atoms with van der Waals surface area (Å²) in [6.45, 7) is -1.18. The number of aliphatic hydroxyl groups is 1. The van der Waals surface area contributed by atoms with Crippen molar-refractivity contribution >= 4 is 0 Å². The van der Waals surface area contributed by atoms with Crippen molar-refractivity contribution in [2.24, 2.45) is 0 Å². The lowest BCUT2D eigenvalue weighted by Crippen LogP contribution is -2.21. The minimum Gasteiger partial charge on any atom is -0.395 e. The van der Waals surface area contributed by atoms with Gasteiger partial charge < -0.3 is 10.3 Å². The minimum absolute atomic E-state index is 0.0312. The summed E-state index contributed by atoms with van der Waals surface area (Å²) in [5.41, 5.74) is 0. The van der Waals surface area contributed by atoms with Gasteiger partial charge >= 0.3 is 0 Å². The molecule has 0 rings (SSSR count).